The quantitative estimate of drug-likeness (QED) is 0.617. The number of rotatable bonds is 3. The Balaban J connectivity index is 1.61. The molecule has 0 aliphatic heterocycles. The van der Waals surface area contributed by atoms with E-state index in [-0.39, 0.29) is 5.91 Å². The van der Waals surface area contributed by atoms with E-state index in [4.69, 9.17) is 0 Å². The van der Waals surface area contributed by atoms with Crippen LogP contribution in [0.1, 0.15) is 21.9 Å². The Labute approximate surface area is 149 Å². The summed E-state index contributed by atoms with van der Waals surface area (Å²) in [5.41, 5.74) is 2.95. The smallest absolute Gasteiger partial charge is 0.275 e. The SMILES string of the molecule is Cc1cc(C)n(-c2cc(NC(=O)c3ccc4ccccc4n3)ncn2)n1. The molecule has 4 aromatic rings. The topological polar surface area (TPSA) is 85.6 Å². The number of hydrogen-bond donors (Lipinski definition) is 1. The molecule has 0 fully saturated rings. The molecule has 1 N–H and O–H groups in total. The second kappa shape index (κ2) is 6.36. The molecule has 0 bridgehead atoms. The summed E-state index contributed by atoms with van der Waals surface area (Å²) in [7, 11) is 0. The summed E-state index contributed by atoms with van der Waals surface area (Å²) in [4.78, 5) is 25.3. The third-order valence-corrected chi connectivity index (χ3v) is 3.95. The second-order valence-corrected chi connectivity index (χ2v) is 5.94. The van der Waals surface area contributed by atoms with Gasteiger partial charge in [-0.1, -0.05) is 24.3 Å². The lowest BCUT2D eigenvalue weighted by Gasteiger charge is -2.07. The van der Waals surface area contributed by atoms with Gasteiger partial charge in [-0.05, 0) is 32.0 Å². The van der Waals surface area contributed by atoms with Gasteiger partial charge in [0.05, 0.1) is 11.2 Å². The number of aromatic nitrogens is 5. The van der Waals surface area contributed by atoms with Crippen molar-refractivity contribution in [1.29, 1.82) is 0 Å². The van der Waals surface area contributed by atoms with Crippen molar-refractivity contribution in [3.8, 4) is 5.82 Å². The first-order valence-electron chi connectivity index (χ1n) is 8.13. The molecular weight excluding hydrogens is 328 g/mol. The Bertz CT molecular complexity index is 1120. The number of pyridine rings is 1. The molecule has 0 aliphatic rings. The third kappa shape index (κ3) is 3.02. The highest BCUT2D eigenvalue weighted by Gasteiger charge is 2.11. The number of para-hydroxylation sites is 1. The van der Waals surface area contributed by atoms with E-state index in [2.05, 4.69) is 25.4 Å². The zero-order valence-corrected chi connectivity index (χ0v) is 14.3. The molecule has 1 amide bonds. The van der Waals surface area contributed by atoms with Gasteiger partial charge in [-0.2, -0.15) is 5.10 Å². The van der Waals surface area contributed by atoms with Crippen LogP contribution in [-0.2, 0) is 0 Å². The number of nitrogens with zero attached hydrogens (tertiary/aromatic N) is 5. The molecule has 0 aliphatic carbocycles. The lowest BCUT2D eigenvalue weighted by atomic mass is 10.2. The molecule has 0 unspecified atom stereocenters. The fourth-order valence-electron chi connectivity index (χ4n) is 2.76. The van der Waals surface area contributed by atoms with Crippen LogP contribution in [0.4, 0.5) is 5.82 Å². The van der Waals surface area contributed by atoms with Gasteiger partial charge in [0.1, 0.15) is 17.8 Å². The van der Waals surface area contributed by atoms with Crippen molar-refractivity contribution in [3.63, 3.8) is 0 Å². The van der Waals surface area contributed by atoms with Crippen LogP contribution in [0.15, 0.2) is 54.9 Å². The second-order valence-electron chi connectivity index (χ2n) is 5.94. The van der Waals surface area contributed by atoms with E-state index in [1.807, 2.05) is 50.2 Å². The van der Waals surface area contributed by atoms with E-state index in [0.29, 0.717) is 17.3 Å². The minimum atomic E-state index is -0.325. The van der Waals surface area contributed by atoms with Crippen LogP contribution in [-0.4, -0.2) is 30.6 Å². The van der Waals surface area contributed by atoms with Gasteiger partial charge in [-0.3, -0.25) is 4.79 Å². The lowest BCUT2D eigenvalue weighted by Crippen LogP contribution is -2.15. The summed E-state index contributed by atoms with van der Waals surface area (Å²) < 4.78 is 1.71. The molecule has 0 radical (unpaired) electrons. The Morgan fingerprint density at radius 2 is 1.88 bits per heavy atom. The first kappa shape index (κ1) is 15.9. The molecule has 0 spiro atoms. The summed E-state index contributed by atoms with van der Waals surface area (Å²) in [5.74, 6) is 0.656. The van der Waals surface area contributed by atoms with Gasteiger partial charge in [0, 0.05) is 17.1 Å². The highest BCUT2D eigenvalue weighted by atomic mass is 16.1. The number of anilines is 1. The summed E-state index contributed by atoms with van der Waals surface area (Å²) >= 11 is 0. The number of carbonyl (C=O) groups is 1. The van der Waals surface area contributed by atoms with Gasteiger partial charge < -0.3 is 5.32 Å². The number of benzene rings is 1. The van der Waals surface area contributed by atoms with Gasteiger partial charge >= 0.3 is 0 Å². The Morgan fingerprint density at radius 1 is 1.04 bits per heavy atom. The van der Waals surface area contributed by atoms with Crippen molar-refractivity contribution in [2.24, 2.45) is 0 Å². The third-order valence-electron chi connectivity index (χ3n) is 3.95. The predicted octanol–water partition coefficient (Wildman–Crippen LogP) is 3.08. The largest absolute Gasteiger partial charge is 0.305 e. The molecule has 3 aromatic heterocycles. The zero-order chi connectivity index (χ0) is 18.1. The van der Waals surface area contributed by atoms with E-state index >= 15 is 0 Å². The summed E-state index contributed by atoms with van der Waals surface area (Å²) in [6.45, 7) is 3.86. The van der Waals surface area contributed by atoms with Crippen molar-refractivity contribution in [2.45, 2.75) is 13.8 Å². The summed E-state index contributed by atoms with van der Waals surface area (Å²) in [6.07, 6.45) is 1.40. The first-order chi connectivity index (χ1) is 12.6. The minimum Gasteiger partial charge on any atom is -0.305 e. The lowest BCUT2D eigenvalue weighted by molar-refractivity contribution is 0.102. The molecule has 7 nitrogen and oxygen atoms in total. The number of nitrogens with one attached hydrogen (secondary N) is 1. The summed E-state index contributed by atoms with van der Waals surface area (Å²) in [6, 6.07) is 14.9. The molecule has 0 atom stereocenters. The maximum absolute atomic E-state index is 12.5. The van der Waals surface area contributed by atoms with Crippen molar-refractivity contribution in [1.82, 2.24) is 24.7 Å². The molecule has 128 valence electrons. The number of hydrogen-bond acceptors (Lipinski definition) is 5. The average molecular weight is 344 g/mol. The molecular formula is C19H16N6O. The maximum atomic E-state index is 12.5. The number of aryl methyl sites for hydroxylation is 2. The Kier molecular flexibility index (Phi) is 3.89. The molecule has 1 aromatic carbocycles. The fourth-order valence-corrected chi connectivity index (χ4v) is 2.76. The van der Waals surface area contributed by atoms with Gasteiger partial charge in [0.2, 0.25) is 0 Å². The van der Waals surface area contributed by atoms with Crippen LogP contribution in [0.25, 0.3) is 16.7 Å². The minimum absolute atomic E-state index is 0.325. The molecule has 0 saturated heterocycles. The van der Waals surface area contributed by atoms with Crippen LogP contribution in [0.2, 0.25) is 0 Å². The van der Waals surface area contributed by atoms with Crippen molar-refractivity contribution in [3.05, 3.63) is 71.9 Å². The Morgan fingerprint density at radius 3 is 2.69 bits per heavy atom. The maximum Gasteiger partial charge on any atom is 0.275 e. The van der Waals surface area contributed by atoms with Crippen LogP contribution in [0, 0.1) is 13.8 Å². The number of amides is 1. The average Bonchev–Trinajstić information content (AvgIpc) is 2.99. The van der Waals surface area contributed by atoms with Gasteiger partial charge in [0.25, 0.3) is 5.91 Å². The monoisotopic (exact) mass is 344 g/mol. The summed E-state index contributed by atoms with van der Waals surface area (Å²) in [5, 5.41) is 8.14. The first-order valence-corrected chi connectivity index (χ1v) is 8.13. The van der Waals surface area contributed by atoms with Crippen LogP contribution in [0.5, 0.6) is 0 Å². The van der Waals surface area contributed by atoms with Gasteiger partial charge in [-0.25, -0.2) is 19.6 Å². The van der Waals surface area contributed by atoms with Crippen molar-refractivity contribution >= 4 is 22.6 Å². The van der Waals surface area contributed by atoms with Crippen LogP contribution < -0.4 is 5.32 Å². The van der Waals surface area contributed by atoms with Crippen molar-refractivity contribution in [2.75, 3.05) is 5.32 Å². The van der Waals surface area contributed by atoms with Crippen LogP contribution in [0.3, 0.4) is 0 Å². The standard InChI is InChI=1S/C19H16N6O/c1-12-9-13(2)25(24-12)18-10-17(20-11-21-18)23-19(26)16-8-7-14-5-3-4-6-15(14)22-16/h3-11H,1-2H3,(H,20,21,23,26). The van der Waals surface area contributed by atoms with E-state index < -0.39 is 0 Å². The highest BCUT2D eigenvalue weighted by molar-refractivity contribution is 6.03. The van der Waals surface area contributed by atoms with E-state index in [1.54, 1.807) is 16.8 Å². The van der Waals surface area contributed by atoms with E-state index in [0.717, 1.165) is 22.3 Å². The molecule has 3 heterocycles. The van der Waals surface area contributed by atoms with Crippen molar-refractivity contribution < 1.29 is 4.79 Å². The molecule has 4 rings (SSSR count). The molecule has 0 saturated carbocycles. The normalized spacial score (nSPS) is 10.8. The fraction of sp³-hybridized carbons (Fsp3) is 0.105. The van der Waals surface area contributed by atoms with Crippen LogP contribution >= 0.6 is 0 Å². The number of fused-ring (bicyclic) bond motifs is 1. The van der Waals surface area contributed by atoms with Gasteiger partial charge in [0.15, 0.2) is 5.82 Å². The van der Waals surface area contributed by atoms with E-state index in [9.17, 15) is 4.79 Å². The number of carbonyl (C=O) groups excluding carboxylic acids is 1. The predicted molar refractivity (Wildman–Crippen MR) is 98.3 cm³/mol. The molecule has 7 heteroatoms. The zero-order valence-electron chi connectivity index (χ0n) is 14.3. The highest BCUT2D eigenvalue weighted by Crippen LogP contribution is 2.15. The Hall–Kier alpha value is -3.61. The molecule has 26 heavy (non-hydrogen) atoms. The van der Waals surface area contributed by atoms with E-state index in [1.165, 1.54) is 6.33 Å². The van der Waals surface area contributed by atoms with Gasteiger partial charge in [-0.15, -0.1) is 0 Å².